The third-order valence-corrected chi connectivity index (χ3v) is 5.51. The van der Waals surface area contributed by atoms with Gasteiger partial charge in [-0.1, -0.05) is 6.07 Å². The molecular formula is C19H20N2O4S. The molecule has 1 aromatic carbocycles. The summed E-state index contributed by atoms with van der Waals surface area (Å²) in [6, 6.07) is 6.62. The molecule has 2 N–H and O–H groups in total. The van der Waals surface area contributed by atoms with E-state index in [1.807, 2.05) is 11.4 Å². The number of carbonyl (C=O) groups excluding carboxylic acids is 2. The van der Waals surface area contributed by atoms with Gasteiger partial charge in [0, 0.05) is 36.5 Å². The minimum Gasteiger partial charge on any atom is -0.478 e. The van der Waals surface area contributed by atoms with Gasteiger partial charge in [0.25, 0.3) is 0 Å². The molecule has 6 nitrogen and oxygen atoms in total. The Morgan fingerprint density at radius 1 is 1.23 bits per heavy atom. The van der Waals surface area contributed by atoms with E-state index in [1.54, 1.807) is 29.2 Å². The second-order valence-corrected chi connectivity index (χ2v) is 7.32. The zero-order valence-corrected chi connectivity index (χ0v) is 15.3. The molecule has 3 rings (SSSR count). The summed E-state index contributed by atoms with van der Waals surface area (Å²) in [5.74, 6) is -1.38. The first-order valence-corrected chi connectivity index (χ1v) is 9.29. The maximum atomic E-state index is 12.4. The van der Waals surface area contributed by atoms with Gasteiger partial charge in [-0.3, -0.25) is 9.59 Å². The molecule has 0 spiro atoms. The maximum absolute atomic E-state index is 12.4. The van der Waals surface area contributed by atoms with Crippen LogP contribution >= 0.6 is 11.3 Å². The van der Waals surface area contributed by atoms with Crippen molar-refractivity contribution in [3.63, 3.8) is 0 Å². The first-order chi connectivity index (χ1) is 12.4. The maximum Gasteiger partial charge on any atom is 0.335 e. The van der Waals surface area contributed by atoms with Crippen LogP contribution in [0, 0.1) is 6.92 Å². The molecule has 0 fully saturated rings. The van der Waals surface area contributed by atoms with Crippen LogP contribution in [0.5, 0.6) is 0 Å². The van der Waals surface area contributed by atoms with Gasteiger partial charge < -0.3 is 15.3 Å². The van der Waals surface area contributed by atoms with E-state index in [1.165, 1.54) is 22.6 Å². The molecule has 0 atom stereocenters. The molecule has 1 aromatic heterocycles. The van der Waals surface area contributed by atoms with Crippen LogP contribution < -0.4 is 5.32 Å². The monoisotopic (exact) mass is 372 g/mol. The molecule has 0 saturated heterocycles. The van der Waals surface area contributed by atoms with Crippen molar-refractivity contribution >= 4 is 34.8 Å². The molecule has 2 aromatic rings. The Hall–Kier alpha value is -2.67. The zero-order valence-electron chi connectivity index (χ0n) is 14.4. The fourth-order valence-corrected chi connectivity index (χ4v) is 3.83. The lowest BCUT2D eigenvalue weighted by Crippen LogP contribution is -2.35. The van der Waals surface area contributed by atoms with Crippen LogP contribution in [0.2, 0.25) is 0 Å². The number of rotatable bonds is 5. The van der Waals surface area contributed by atoms with Crippen LogP contribution in [0.3, 0.4) is 0 Å². The molecule has 1 aliphatic rings. The summed E-state index contributed by atoms with van der Waals surface area (Å²) in [5.41, 5.74) is 2.54. The highest BCUT2D eigenvalue weighted by Crippen LogP contribution is 2.24. The number of aromatic carboxylic acids is 1. The van der Waals surface area contributed by atoms with Crippen LogP contribution in [-0.4, -0.2) is 34.3 Å². The Bertz CT molecular complexity index is 859. The van der Waals surface area contributed by atoms with Crippen molar-refractivity contribution in [3.8, 4) is 0 Å². The van der Waals surface area contributed by atoms with Gasteiger partial charge in [-0.25, -0.2) is 4.79 Å². The van der Waals surface area contributed by atoms with Crippen molar-refractivity contribution in [3.05, 3.63) is 51.2 Å². The number of carboxylic acid groups (broad SMARTS) is 1. The van der Waals surface area contributed by atoms with Crippen molar-refractivity contribution < 1.29 is 19.5 Å². The fraction of sp³-hybridized carbons (Fsp3) is 0.316. The summed E-state index contributed by atoms with van der Waals surface area (Å²) in [6.45, 7) is 3.09. The topological polar surface area (TPSA) is 86.7 Å². The highest BCUT2D eigenvalue weighted by atomic mass is 32.1. The predicted molar refractivity (Wildman–Crippen MR) is 99.4 cm³/mol. The molecule has 0 radical (unpaired) electrons. The van der Waals surface area contributed by atoms with Crippen LogP contribution in [0.15, 0.2) is 29.6 Å². The number of benzene rings is 1. The summed E-state index contributed by atoms with van der Waals surface area (Å²) in [6.07, 6.45) is 1.08. The van der Waals surface area contributed by atoms with Gasteiger partial charge in [0.05, 0.1) is 5.56 Å². The Balaban J connectivity index is 1.54. The number of amides is 2. The molecule has 7 heteroatoms. The lowest BCUT2D eigenvalue weighted by Gasteiger charge is -2.27. The number of nitrogens with zero attached hydrogens (tertiary/aromatic N) is 1. The Kier molecular flexibility index (Phi) is 5.37. The van der Waals surface area contributed by atoms with E-state index in [0.29, 0.717) is 18.8 Å². The second-order valence-electron chi connectivity index (χ2n) is 6.32. The normalized spacial score (nSPS) is 13.2. The number of nitrogens with one attached hydrogen (secondary N) is 1. The molecule has 2 heterocycles. The number of carboxylic acids is 1. The molecule has 0 unspecified atom stereocenters. The molecule has 0 saturated carbocycles. The van der Waals surface area contributed by atoms with Gasteiger partial charge >= 0.3 is 5.97 Å². The largest absolute Gasteiger partial charge is 0.478 e. The first kappa shape index (κ1) is 18.1. The summed E-state index contributed by atoms with van der Waals surface area (Å²) in [5, 5.41) is 13.8. The SMILES string of the molecule is Cc1ccc(C(=O)O)cc1NC(=O)CCC(=O)N1CCc2sccc2C1. The second kappa shape index (κ2) is 7.70. The smallest absolute Gasteiger partial charge is 0.335 e. The molecule has 2 amide bonds. The van der Waals surface area contributed by atoms with Gasteiger partial charge in [-0.2, -0.15) is 0 Å². The third-order valence-electron chi connectivity index (χ3n) is 4.48. The van der Waals surface area contributed by atoms with Crippen molar-refractivity contribution in [1.82, 2.24) is 4.90 Å². The zero-order chi connectivity index (χ0) is 18.7. The van der Waals surface area contributed by atoms with E-state index < -0.39 is 5.97 Å². The van der Waals surface area contributed by atoms with Crippen molar-refractivity contribution in [2.75, 3.05) is 11.9 Å². The van der Waals surface area contributed by atoms with Crippen LogP contribution in [0.25, 0.3) is 0 Å². The summed E-state index contributed by atoms with van der Waals surface area (Å²) in [7, 11) is 0. The number of fused-ring (bicyclic) bond motifs is 1. The quantitative estimate of drug-likeness (QED) is 0.844. The number of hydrogen-bond acceptors (Lipinski definition) is 4. The van der Waals surface area contributed by atoms with Gasteiger partial charge in [0.2, 0.25) is 11.8 Å². The molecule has 0 aliphatic carbocycles. The number of aryl methyl sites for hydroxylation is 1. The van der Waals surface area contributed by atoms with Crippen LogP contribution in [-0.2, 0) is 22.6 Å². The predicted octanol–water partition coefficient (Wildman–Crippen LogP) is 3.06. The number of carbonyl (C=O) groups is 3. The highest BCUT2D eigenvalue weighted by molar-refractivity contribution is 7.10. The Morgan fingerprint density at radius 2 is 2.04 bits per heavy atom. The average Bonchev–Trinajstić information content (AvgIpc) is 3.09. The molecule has 0 bridgehead atoms. The number of thiophene rings is 1. The Morgan fingerprint density at radius 3 is 2.81 bits per heavy atom. The highest BCUT2D eigenvalue weighted by Gasteiger charge is 2.22. The summed E-state index contributed by atoms with van der Waals surface area (Å²) >= 11 is 1.72. The van der Waals surface area contributed by atoms with E-state index in [9.17, 15) is 14.4 Å². The van der Waals surface area contributed by atoms with Crippen molar-refractivity contribution in [2.45, 2.75) is 32.7 Å². The standard InChI is InChI=1S/C19H20N2O4S/c1-12-2-3-13(19(24)25)10-15(12)20-17(22)4-5-18(23)21-8-6-16-14(11-21)7-9-26-16/h2-3,7,9-10H,4-6,8,11H2,1H3,(H,20,22)(H,24,25). The van der Waals surface area contributed by atoms with Gasteiger partial charge in [-0.05, 0) is 48.1 Å². The average molecular weight is 372 g/mol. The minimum absolute atomic E-state index is 0.0343. The fourth-order valence-electron chi connectivity index (χ4n) is 2.94. The van der Waals surface area contributed by atoms with Crippen molar-refractivity contribution in [1.29, 1.82) is 0 Å². The number of hydrogen-bond donors (Lipinski definition) is 2. The van der Waals surface area contributed by atoms with Gasteiger partial charge in [0.15, 0.2) is 0 Å². The van der Waals surface area contributed by atoms with E-state index >= 15 is 0 Å². The molecule has 26 heavy (non-hydrogen) atoms. The summed E-state index contributed by atoms with van der Waals surface area (Å²) in [4.78, 5) is 38.7. The van der Waals surface area contributed by atoms with E-state index in [4.69, 9.17) is 5.11 Å². The molecular weight excluding hydrogens is 352 g/mol. The van der Waals surface area contributed by atoms with E-state index in [2.05, 4.69) is 5.32 Å². The third kappa shape index (κ3) is 4.11. The summed E-state index contributed by atoms with van der Waals surface area (Å²) < 4.78 is 0. The first-order valence-electron chi connectivity index (χ1n) is 8.41. The lowest BCUT2D eigenvalue weighted by molar-refractivity contribution is -0.133. The van der Waals surface area contributed by atoms with Gasteiger partial charge in [0.1, 0.15) is 0 Å². The van der Waals surface area contributed by atoms with E-state index in [-0.39, 0.29) is 30.2 Å². The molecule has 1 aliphatic heterocycles. The van der Waals surface area contributed by atoms with Crippen LogP contribution in [0.4, 0.5) is 5.69 Å². The Labute approximate surface area is 155 Å². The minimum atomic E-state index is -1.05. The lowest BCUT2D eigenvalue weighted by atomic mass is 10.1. The van der Waals surface area contributed by atoms with Crippen LogP contribution in [0.1, 0.15) is 39.2 Å². The number of anilines is 1. The van der Waals surface area contributed by atoms with E-state index in [0.717, 1.165) is 12.0 Å². The van der Waals surface area contributed by atoms with Crippen molar-refractivity contribution in [2.24, 2.45) is 0 Å². The molecule has 136 valence electrons. The van der Waals surface area contributed by atoms with Gasteiger partial charge in [-0.15, -0.1) is 11.3 Å².